The number of halogens is 2. The van der Waals surface area contributed by atoms with Gasteiger partial charge in [-0.1, -0.05) is 39.7 Å². The maximum Gasteiger partial charge on any atom is 0.239 e. The van der Waals surface area contributed by atoms with Gasteiger partial charge in [0.15, 0.2) is 0 Å². The summed E-state index contributed by atoms with van der Waals surface area (Å²) in [7, 11) is -3.54. The van der Waals surface area contributed by atoms with Crippen molar-refractivity contribution in [3.8, 4) is 0 Å². The summed E-state index contributed by atoms with van der Waals surface area (Å²) < 4.78 is 26.1. The number of hydrogen-bond donors (Lipinski definition) is 1. The fourth-order valence-corrected chi connectivity index (χ4v) is 3.43. The third kappa shape index (κ3) is 6.11. The van der Waals surface area contributed by atoms with Gasteiger partial charge in [-0.25, -0.2) is 8.42 Å². The summed E-state index contributed by atoms with van der Waals surface area (Å²) in [4.78, 5) is 12.3. The standard InChI is InChI=1S/C17H18BrClN2O3S/c1-12-9-15(19)7-8-16(12)20-17(22)11-21(25(2,23)24)10-13-3-5-14(18)6-4-13/h3-9H,10-11H2,1-2H3,(H,20,22). The van der Waals surface area contributed by atoms with E-state index in [0.29, 0.717) is 10.7 Å². The lowest BCUT2D eigenvalue weighted by molar-refractivity contribution is -0.116. The van der Waals surface area contributed by atoms with E-state index in [1.807, 2.05) is 31.2 Å². The molecule has 2 aromatic carbocycles. The van der Waals surface area contributed by atoms with Gasteiger partial charge in [0.25, 0.3) is 0 Å². The number of aryl methyl sites for hydroxylation is 1. The topological polar surface area (TPSA) is 66.5 Å². The lowest BCUT2D eigenvalue weighted by Crippen LogP contribution is -2.37. The summed E-state index contributed by atoms with van der Waals surface area (Å²) in [5.41, 5.74) is 2.20. The zero-order valence-electron chi connectivity index (χ0n) is 13.8. The van der Waals surface area contributed by atoms with E-state index in [2.05, 4.69) is 21.2 Å². The fourth-order valence-electron chi connectivity index (χ4n) is 2.20. The lowest BCUT2D eigenvalue weighted by atomic mass is 10.2. The van der Waals surface area contributed by atoms with E-state index < -0.39 is 15.9 Å². The van der Waals surface area contributed by atoms with Crippen molar-refractivity contribution >= 4 is 49.1 Å². The molecule has 1 N–H and O–H groups in total. The van der Waals surface area contributed by atoms with Crippen LogP contribution in [-0.4, -0.2) is 31.4 Å². The number of benzene rings is 2. The molecule has 0 radical (unpaired) electrons. The van der Waals surface area contributed by atoms with Crippen LogP contribution in [0.25, 0.3) is 0 Å². The fraction of sp³-hybridized carbons (Fsp3) is 0.235. The van der Waals surface area contributed by atoms with Crippen molar-refractivity contribution in [1.82, 2.24) is 4.31 Å². The summed E-state index contributed by atoms with van der Waals surface area (Å²) in [6.07, 6.45) is 1.09. The molecule has 8 heteroatoms. The van der Waals surface area contributed by atoms with Gasteiger partial charge in [-0.2, -0.15) is 4.31 Å². The maximum atomic E-state index is 12.3. The minimum atomic E-state index is -3.54. The van der Waals surface area contributed by atoms with E-state index >= 15 is 0 Å². The Morgan fingerprint density at radius 2 is 1.84 bits per heavy atom. The van der Waals surface area contributed by atoms with Crippen LogP contribution in [-0.2, 0) is 21.4 Å². The Balaban J connectivity index is 2.11. The van der Waals surface area contributed by atoms with Gasteiger partial charge in [-0.15, -0.1) is 0 Å². The van der Waals surface area contributed by atoms with Gasteiger partial charge in [0.2, 0.25) is 15.9 Å². The number of anilines is 1. The Bertz CT molecular complexity index is 870. The highest BCUT2D eigenvalue weighted by Crippen LogP contribution is 2.20. The highest BCUT2D eigenvalue weighted by atomic mass is 79.9. The van der Waals surface area contributed by atoms with Crippen molar-refractivity contribution in [2.45, 2.75) is 13.5 Å². The van der Waals surface area contributed by atoms with E-state index in [1.165, 1.54) is 0 Å². The molecule has 0 aromatic heterocycles. The predicted molar refractivity (Wildman–Crippen MR) is 104 cm³/mol. The van der Waals surface area contributed by atoms with Crippen molar-refractivity contribution in [3.63, 3.8) is 0 Å². The average Bonchev–Trinajstić information content (AvgIpc) is 2.50. The largest absolute Gasteiger partial charge is 0.325 e. The molecule has 0 saturated heterocycles. The Labute approximate surface area is 161 Å². The summed E-state index contributed by atoms with van der Waals surface area (Å²) in [6, 6.07) is 12.4. The number of hydrogen-bond acceptors (Lipinski definition) is 3. The summed E-state index contributed by atoms with van der Waals surface area (Å²) in [6.45, 7) is 1.67. The number of sulfonamides is 1. The summed E-state index contributed by atoms with van der Waals surface area (Å²) in [5, 5.41) is 3.30. The molecule has 0 heterocycles. The highest BCUT2D eigenvalue weighted by Gasteiger charge is 2.21. The molecule has 5 nitrogen and oxygen atoms in total. The van der Waals surface area contributed by atoms with E-state index in [9.17, 15) is 13.2 Å². The first-order valence-electron chi connectivity index (χ1n) is 7.41. The van der Waals surface area contributed by atoms with Gasteiger partial charge in [0.1, 0.15) is 0 Å². The minimum absolute atomic E-state index is 0.124. The Morgan fingerprint density at radius 1 is 1.20 bits per heavy atom. The van der Waals surface area contributed by atoms with Crippen LogP contribution < -0.4 is 5.32 Å². The SMILES string of the molecule is Cc1cc(Cl)ccc1NC(=O)CN(Cc1ccc(Br)cc1)S(C)(=O)=O. The molecule has 134 valence electrons. The van der Waals surface area contributed by atoms with E-state index in [0.717, 1.165) is 26.2 Å². The van der Waals surface area contributed by atoms with Crippen LogP contribution in [0.4, 0.5) is 5.69 Å². The Morgan fingerprint density at radius 3 is 2.40 bits per heavy atom. The first-order chi connectivity index (χ1) is 11.6. The second-order valence-electron chi connectivity index (χ2n) is 5.66. The van der Waals surface area contributed by atoms with Crippen LogP contribution in [0.1, 0.15) is 11.1 Å². The van der Waals surface area contributed by atoms with Crippen LogP contribution in [0.2, 0.25) is 5.02 Å². The molecule has 1 amide bonds. The molecule has 2 rings (SSSR count). The van der Waals surface area contributed by atoms with Crippen LogP contribution in [0, 0.1) is 6.92 Å². The molecule has 0 unspecified atom stereocenters. The number of nitrogens with zero attached hydrogens (tertiary/aromatic N) is 1. The molecule has 0 aliphatic carbocycles. The first kappa shape index (κ1) is 19.9. The van der Waals surface area contributed by atoms with Gasteiger partial charge in [0, 0.05) is 21.7 Å². The molecule has 25 heavy (non-hydrogen) atoms. The third-order valence-corrected chi connectivity index (χ3v) is 5.48. The Kier molecular flexibility index (Phi) is 6.62. The molecule has 0 fully saturated rings. The quantitative estimate of drug-likeness (QED) is 0.735. The molecular formula is C17H18BrClN2O3S. The van der Waals surface area contributed by atoms with Crippen molar-refractivity contribution in [2.24, 2.45) is 0 Å². The van der Waals surface area contributed by atoms with Crippen molar-refractivity contribution in [1.29, 1.82) is 0 Å². The van der Waals surface area contributed by atoms with E-state index in [1.54, 1.807) is 18.2 Å². The molecule has 0 bridgehead atoms. The zero-order chi connectivity index (χ0) is 18.6. The van der Waals surface area contributed by atoms with Crippen LogP contribution in [0.3, 0.4) is 0 Å². The van der Waals surface area contributed by atoms with Crippen LogP contribution in [0.5, 0.6) is 0 Å². The van der Waals surface area contributed by atoms with Crippen molar-refractivity contribution in [2.75, 3.05) is 18.1 Å². The molecular weight excluding hydrogens is 428 g/mol. The van der Waals surface area contributed by atoms with Gasteiger partial charge in [-0.3, -0.25) is 4.79 Å². The van der Waals surface area contributed by atoms with Crippen molar-refractivity contribution < 1.29 is 13.2 Å². The number of carbonyl (C=O) groups excluding carboxylic acids is 1. The molecule has 0 spiro atoms. The number of amides is 1. The molecule has 0 aliphatic rings. The third-order valence-electron chi connectivity index (χ3n) is 3.52. The van der Waals surface area contributed by atoms with Crippen molar-refractivity contribution in [3.05, 3.63) is 63.1 Å². The molecule has 0 aliphatic heterocycles. The van der Waals surface area contributed by atoms with Crippen LogP contribution in [0.15, 0.2) is 46.9 Å². The smallest absolute Gasteiger partial charge is 0.239 e. The summed E-state index contributed by atoms with van der Waals surface area (Å²) in [5.74, 6) is -0.409. The molecule has 2 aromatic rings. The van der Waals surface area contributed by atoms with E-state index in [4.69, 9.17) is 11.6 Å². The average molecular weight is 446 g/mol. The van der Waals surface area contributed by atoms with Gasteiger partial charge >= 0.3 is 0 Å². The van der Waals surface area contributed by atoms with Gasteiger partial charge < -0.3 is 5.32 Å². The number of nitrogens with one attached hydrogen (secondary N) is 1. The van der Waals surface area contributed by atoms with Crippen LogP contribution >= 0.6 is 27.5 Å². The van der Waals surface area contributed by atoms with E-state index in [-0.39, 0.29) is 13.1 Å². The number of carbonyl (C=O) groups is 1. The van der Waals surface area contributed by atoms with Gasteiger partial charge in [-0.05, 0) is 48.4 Å². The monoisotopic (exact) mass is 444 g/mol. The lowest BCUT2D eigenvalue weighted by Gasteiger charge is -2.20. The normalized spacial score (nSPS) is 11.6. The predicted octanol–water partition coefficient (Wildman–Crippen LogP) is 3.81. The highest BCUT2D eigenvalue weighted by molar-refractivity contribution is 9.10. The molecule has 0 saturated carbocycles. The maximum absolute atomic E-state index is 12.3. The Hall–Kier alpha value is -1.41. The second kappa shape index (κ2) is 8.31. The first-order valence-corrected chi connectivity index (χ1v) is 10.4. The van der Waals surface area contributed by atoms with Gasteiger partial charge in [0.05, 0.1) is 12.8 Å². The second-order valence-corrected chi connectivity index (χ2v) is 9.00. The minimum Gasteiger partial charge on any atom is -0.325 e. The molecule has 0 atom stereocenters. The number of rotatable bonds is 6. The summed E-state index contributed by atoms with van der Waals surface area (Å²) >= 11 is 9.23. The zero-order valence-corrected chi connectivity index (χ0v) is 17.0.